The van der Waals surface area contributed by atoms with Crippen LogP contribution < -0.4 is 20.9 Å². The largest absolute Gasteiger partial charge is 0.454 e. The first-order valence-corrected chi connectivity index (χ1v) is 22.9. The Hall–Kier alpha value is -6.38. The number of allylic oxidation sites excluding steroid dienone is 1. The second-order valence-electron chi connectivity index (χ2n) is 16.2. The maximum Gasteiger partial charge on any atom is 0.242 e. The van der Waals surface area contributed by atoms with Gasteiger partial charge in [-0.3, -0.25) is 38.4 Å². The number of hydrogen-bond donors (Lipinski definition) is 3. The van der Waals surface area contributed by atoms with E-state index in [-0.39, 0.29) is 83.8 Å². The van der Waals surface area contributed by atoms with E-state index in [0.717, 1.165) is 0 Å². The highest BCUT2D eigenvalue weighted by atomic mass is 16.7. The number of nitrogens with two attached hydrogens (primary N) is 2. The number of Topliss-reactive ketones (excluding diaryl/α,β-unsaturated/α-hetero) is 1. The minimum Gasteiger partial charge on any atom is -0.454 e. The third-order valence-corrected chi connectivity index (χ3v) is 10.6. The van der Waals surface area contributed by atoms with Gasteiger partial charge >= 0.3 is 0 Å². The lowest BCUT2D eigenvalue weighted by atomic mass is 10.1. The van der Waals surface area contributed by atoms with Crippen molar-refractivity contribution in [3.63, 3.8) is 0 Å². The monoisotopic (exact) mass is 952 g/mol. The summed E-state index contributed by atoms with van der Waals surface area (Å²) in [6.45, 7) is 13.7. The Morgan fingerprint density at radius 2 is 0.971 bits per heavy atom. The van der Waals surface area contributed by atoms with Crippen LogP contribution >= 0.6 is 0 Å². The Morgan fingerprint density at radius 3 is 1.43 bits per heavy atom. The van der Waals surface area contributed by atoms with E-state index in [1.54, 1.807) is 24.3 Å². The average Bonchev–Trinajstić information content (AvgIpc) is 3.78. The molecule has 0 saturated carbocycles. The molecule has 0 bridgehead atoms. The third kappa shape index (κ3) is 20.6. The smallest absolute Gasteiger partial charge is 0.242 e. The molecule has 0 saturated heterocycles. The summed E-state index contributed by atoms with van der Waals surface area (Å²) < 4.78 is 10.9. The maximum atomic E-state index is 14.1. The number of unbranched alkanes of at least 4 members (excludes halogenated alkanes) is 3. The van der Waals surface area contributed by atoms with Crippen molar-refractivity contribution in [1.29, 1.82) is 0 Å². The van der Waals surface area contributed by atoms with E-state index in [9.17, 15) is 43.5 Å². The first kappa shape index (κ1) is 57.7. The molecule has 1 aliphatic heterocycles. The fourth-order valence-electron chi connectivity index (χ4n) is 7.02. The van der Waals surface area contributed by atoms with E-state index >= 15 is 0 Å². The molecule has 5 N–H and O–H groups in total. The van der Waals surface area contributed by atoms with Crippen molar-refractivity contribution in [2.24, 2.45) is 11.5 Å². The van der Waals surface area contributed by atoms with Gasteiger partial charge < -0.3 is 60.3 Å². The molecule has 7 amide bonds. The van der Waals surface area contributed by atoms with E-state index in [0.29, 0.717) is 68.7 Å². The fourth-order valence-corrected chi connectivity index (χ4v) is 7.02. The van der Waals surface area contributed by atoms with E-state index < -0.39 is 74.8 Å². The number of rotatable bonds is 36. The van der Waals surface area contributed by atoms with Crippen molar-refractivity contribution in [3.05, 3.63) is 74.4 Å². The predicted octanol–water partition coefficient (Wildman–Crippen LogP) is 0.689. The number of fused-ring (bicyclic) bond motifs is 1. The summed E-state index contributed by atoms with van der Waals surface area (Å²) >= 11 is 0. The molecular weight excluding hydrogens is 879 g/mol. The molecule has 0 aliphatic carbocycles. The quantitative estimate of drug-likeness (QED) is 0.0620. The highest BCUT2D eigenvalue weighted by Gasteiger charge is 2.30. The Bertz CT molecular complexity index is 1890. The molecule has 2 rings (SSSR count). The highest BCUT2D eigenvalue weighted by Crippen LogP contribution is 2.33. The van der Waals surface area contributed by atoms with Crippen LogP contribution in [0.25, 0.3) is 0 Å². The number of aliphatic hydroxyl groups is 1. The summed E-state index contributed by atoms with van der Waals surface area (Å²) in [6, 6.07) is 5.05. The zero-order valence-electron chi connectivity index (χ0n) is 39.9. The van der Waals surface area contributed by atoms with Crippen molar-refractivity contribution in [3.8, 4) is 11.5 Å². The van der Waals surface area contributed by atoms with Gasteiger partial charge in [0.05, 0.1) is 26.2 Å². The van der Waals surface area contributed by atoms with Crippen LogP contribution in [0.3, 0.4) is 0 Å². The number of ketones is 1. The lowest BCUT2D eigenvalue weighted by molar-refractivity contribution is -0.148. The van der Waals surface area contributed by atoms with Crippen LogP contribution in [0.15, 0.2) is 68.8 Å². The molecule has 0 unspecified atom stereocenters. The van der Waals surface area contributed by atoms with Gasteiger partial charge in [0.1, 0.15) is 32.0 Å². The first-order valence-electron chi connectivity index (χ1n) is 22.9. The molecule has 0 aromatic heterocycles. The van der Waals surface area contributed by atoms with Crippen molar-refractivity contribution < 1.29 is 52.9 Å². The Labute approximate surface area is 400 Å². The topological polar surface area (TPSA) is 250 Å². The van der Waals surface area contributed by atoms with Crippen molar-refractivity contribution in [1.82, 2.24) is 34.3 Å². The van der Waals surface area contributed by atoms with Gasteiger partial charge in [0.2, 0.25) is 48.1 Å². The summed E-state index contributed by atoms with van der Waals surface area (Å²) in [6.07, 6.45) is 9.37. The van der Waals surface area contributed by atoms with Gasteiger partial charge in [0.15, 0.2) is 11.5 Å². The van der Waals surface area contributed by atoms with Crippen LogP contribution in [0, 0.1) is 0 Å². The van der Waals surface area contributed by atoms with Gasteiger partial charge in [-0.15, -0.1) is 26.3 Å². The van der Waals surface area contributed by atoms with Crippen molar-refractivity contribution in [2.75, 3.05) is 112 Å². The van der Waals surface area contributed by atoms with Gasteiger partial charge in [-0.05, 0) is 76.2 Å². The summed E-state index contributed by atoms with van der Waals surface area (Å²) in [5.74, 6) is -3.12. The molecule has 376 valence electrons. The molecule has 1 aliphatic rings. The van der Waals surface area contributed by atoms with Gasteiger partial charge in [0.25, 0.3) is 0 Å². The number of ether oxygens (including phenoxy) is 2. The van der Waals surface area contributed by atoms with Gasteiger partial charge in [-0.1, -0.05) is 30.4 Å². The summed E-state index contributed by atoms with van der Waals surface area (Å²) in [4.78, 5) is 117. The average molecular weight is 952 g/mol. The molecular formula is C48H73N9O11. The summed E-state index contributed by atoms with van der Waals surface area (Å²) in [5.41, 5.74) is 11.9. The fraction of sp³-hybridized carbons (Fsp3) is 0.542. The Kier molecular flexibility index (Phi) is 27.5. The molecule has 1 heterocycles. The second-order valence-corrected chi connectivity index (χ2v) is 16.2. The zero-order valence-corrected chi connectivity index (χ0v) is 39.9. The third-order valence-electron chi connectivity index (χ3n) is 10.6. The maximum absolute atomic E-state index is 14.1. The normalized spacial score (nSPS) is 11.2. The molecule has 20 nitrogen and oxygen atoms in total. The number of carbonyl (C=O) groups is 8. The molecule has 20 heteroatoms. The zero-order chi connectivity index (χ0) is 50.4. The molecule has 1 aromatic rings. The van der Waals surface area contributed by atoms with Crippen LogP contribution in [0.5, 0.6) is 11.5 Å². The second kappa shape index (κ2) is 32.3. The van der Waals surface area contributed by atoms with Gasteiger partial charge in [-0.2, -0.15) is 0 Å². The van der Waals surface area contributed by atoms with Crippen LogP contribution in [-0.2, 0) is 44.9 Å². The van der Waals surface area contributed by atoms with Gasteiger partial charge in [0, 0.05) is 52.2 Å². The Morgan fingerprint density at radius 1 is 0.544 bits per heavy atom. The predicted molar refractivity (Wildman–Crippen MR) is 256 cm³/mol. The molecule has 0 atom stereocenters. The van der Waals surface area contributed by atoms with E-state index in [2.05, 4.69) is 26.3 Å². The highest BCUT2D eigenvalue weighted by molar-refractivity contribution is 5.93. The Balaban J connectivity index is 2.33. The minimum absolute atomic E-state index is 0.0172. The minimum atomic E-state index is -0.652. The number of benzene rings is 1. The lowest BCUT2D eigenvalue weighted by Crippen LogP contribution is -2.52. The summed E-state index contributed by atoms with van der Waals surface area (Å²) in [5, 5.41) is 9.74. The number of nitrogens with zero attached hydrogens (tertiary/aromatic N) is 7. The van der Waals surface area contributed by atoms with Crippen molar-refractivity contribution in [2.45, 2.75) is 58.4 Å². The van der Waals surface area contributed by atoms with Crippen LogP contribution in [0.4, 0.5) is 0 Å². The standard InChI is InChI=1S/C48H73N9O11/c1-6-10-11-16-42(60)56(26-27-58)35-48(66)57(30-39-17-18-40-41(28-39)68-37-67-40)36-47(65)53(23-9-4)32-44(62)51(21-7-2)31-43(61)52(22-8-3)33-46(64)55(25-15-13-20-50)34-45(63)54(29-38(5)59)24-14-12-19-49/h6-9,17-18,28,58H,1-4,10-16,19-27,29-37,49-50H2,5H3. The van der Waals surface area contributed by atoms with E-state index in [1.807, 2.05) is 0 Å². The number of aliphatic hydroxyl groups excluding tert-OH is 1. The van der Waals surface area contributed by atoms with E-state index in [4.69, 9.17) is 20.9 Å². The first-order chi connectivity index (χ1) is 32.7. The van der Waals surface area contributed by atoms with Crippen LogP contribution in [0.2, 0.25) is 0 Å². The molecule has 1 aromatic carbocycles. The van der Waals surface area contributed by atoms with Crippen LogP contribution in [0.1, 0.15) is 57.4 Å². The molecule has 0 fully saturated rings. The number of carbonyl (C=O) groups excluding carboxylic acids is 8. The number of amides is 7. The summed E-state index contributed by atoms with van der Waals surface area (Å²) in [7, 11) is 0. The number of hydrogen-bond acceptors (Lipinski definition) is 13. The molecule has 68 heavy (non-hydrogen) atoms. The SMILES string of the molecule is C=CCCCC(=O)N(CCO)CC(=O)N(CC(=O)N(CC=C)CC(=O)N(CC=C)CC(=O)N(CC=C)CC(=O)N(CCCCN)CC(=O)N(CCCCN)CC(C)=O)Cc1ccc2c(c1)OCO2. The molecule has 0 radical (unpaired) electrons. The molecule has 0 spiro atoms. The van der Waals surface area contributed by atoms with Gasteiger partial charge in [-0.25, -0.2) is 0 Å². The van der Waals surface area contributed by atoms with E-state index in [1.165, 1.54) is 59.5 Å². The van der Waals surface area contributed by atoms with Crippen molar-refractivity contribution >= 4 is 47.1 Å². The lowest BCUT2D eigenvalue weighted by Gasteiger charge is -2.32. The van der Waals surface area contributed by atoms with Crippen LogP contribution in [-0.4, -0.2) is 198 Å².